The molecule has 1 aromatic rings. The number of hydrogen-bond donors (Lipinski definition) is 1. The zero-order valence-corrected chi connectivity index (χ0v) is 22.4. The molecule has 1 saturated heterocycles. The van der Waals surface area contributed by atoms with Crippen LogP contribution in [-0.2, 0) is 14.8 Å². The minimum absolute atomic E-state index is 0.1000. The molecule has 0 bridgehead atoms. The van der Waals surface area contributed by atoms with Gasteiger partial charge in [0.25, 0.3) is 5.69 Å². The molecule has 1 aliphatic rings. The summed E-state index contributed by atoms with van der Waals surface area (Å²) in [6, 6.07) is 3.45. The molecule has 1 aromatic carbocycles. The number of carbonyl (C=O) groups excluding carboxylic acids is 1. The van der Waals surface area contributed by atoms with Crippen LogP contribution in [0.5, 0.6) is 0 Å². The van der Waals surface area contributed by atoms with Crippen LogP contribution < -0.4 is 4.72 Å². The number of piperazine rings is 1. The fraction of sp³-hybridized carbons (Fsp3) is 0.696. The zero-order chi connectivity index (χ0) is 26.1. The minimum atomic E-state index is -3.82. The highest BCUT2D eigenvalue weighted by Gasteiger charge is 2.25. The van der Waals surface area contributed by atoms with Crippen LogP contribution in [0.25, 0.3) is 0 Å². The van der Waals surface area contributed by atoms with E-state index in [0.29, 0.717) is 19.5 Å². The topological polar surface area (TPSA) is 122 Å². The molecular weight excluding hydrogens is 496 g/mol. The van der Waals surface area contributed by atoms with Crippen molar-refractivity contribution in [2.75, 3.05) is 39.3 Å². The van der Waals surface area contributed by atoms with Gasteiger partial charge in [0.15, 0.2) is 0 Å². The van der Waals surface area contributed by atoms with E-state index < -0.39 is 26.2 Å². The van der Waals surface area contributed by atoms with Crippen LogP contribution in [0.3, 0.4) is 0 Å². The van der Waals surface area contributed by atoms with Gasteiger partial charge in [-0.2, -0.15) is 0 Å². The van der Waals surface area contributed by atoms with Crippen molar-refractivity contribution in [2.45, 2.75) is 69.8 Å². The van der Waals surface area contributed by atoms with Crippen molar-refractivity contribution >= 4 is 33.4 Å². The predicted octanol–water partition coefficient (Wildman–Crippen LogP) is 4.42. The number of carbonyl (C=O) groups is 1. The summed E-state index contributed by atoms with van der Waals surface area (Å²) in [5.41, 5.74) is -0.905. The summed E-state index contributed by atoms with van der Waals surface area (Å²) in [4.78, 5) is 26.4. The summed E-state index contributed by atoms with van der Waals surface area (Å²) in [6.45, 7) is 9.99. The normalized spacial score (nSPS) is 15.3. The van der Waals surface area contributed by atoms with E-state index in [1.807, 2.05) is 20.8 Å². The van der Waals surface area contributed by atoms with Gasteiger partial charge in [-0.25, -0.2) is 17.9 Å². The van der Waals surface area contributed by atoms with E-state index in [1.54, 1.807) is 4.90 Å². The summed E-state index contributed by atoms with van der Waals surface area (Å²) in [7, 11) is -3.82. The first-order valence-corrected chi connectivity index (χ1v) is 13.9. The summed E-state index contributed by atoms with van der Waals surface area (Å²) in [5, 5.41) is 10.9. The number of amides is 1. The fourth-order valence-corrected chi connectivity index (χ4v) is 5.02. The first-order chi connectivity index (χ1) is 16.4. The summed E-state index contributed by atoms with van der Waals surface area (Å²) < 4.78 is 32.6. The number of hydrogen-bond acceptors (Lipinski definition) is 7. The van der Waals surface area contributed by atoms with Crippen molar-refractivity contribution in [3.8, 4) is 0 Å². The Kier molecular flexibility index (Phi) is 11.2. The third kappa shape index (κ3) is 10.3. The molecule has 2 rings (SSSR count). The Morgan fingerprint density at radius 3 is 2.29 bits per heavy atom. The molecule has 35 heavy (non-hydrogen) atoms. The average molecular weight is 533 g/mol. The monoisotopic (exact) mass is 532 g/mol. The van der Waals surface area contributed by atoms with Gasteiger partial charge in [-0.15, -0.1) is 0 Å². The number of nitro groups is 1. The fourth-order valence-electron chi connectivity index (χ4n) is 3.74. The Morgan fingerprint density at radius 2 is 1.69 bits per heavy atom. The number of halogens is 1. The lowest BCUT2D eigenvalue weighted by molar-refractivity contribution is -0.384. The largest absolute Gasteiger partial charge is 0.444 e. The summed E-state index contributed by atoms with van der Waals surface area (Å²) >= 11 is 5.74. The molecule has 10 nitrogen and oxygen atoms in total. The van der Waals surface area contributed by atoms with Crippen molar-refractivity contribution in [3.63, 3.8) is 0 Å². The molecule has 1 heterocycles. The Hall–Kier alpha value is -1.95. The highest BCUT2D eigenvalue weighted by atomic mass is 35.5. The quantitative estimate of drug-likeness (QED) is 0.240. The molecule has 0 saturated carbocycles. The first kappa shape index (κ1) is 29.3. The maximum Gasteiger partial charge on any atom is 0.410 e. The first-order valence-electron chi connectivity index (χ1n) is 12.0. The minimum Gasteiger partial charge on any atom is -0.444 e. The van der Waals surface area contributed by atoms with E-state index in [4.69, 9.17) is 16.3 Å². The number of sulfonamides is 1. The Balaban J connectivity index is 1.54. The SMILES string of the molecule is CC(C)(C)OC(=O)N1CCN(CCCCCCCCNS(=O)(=O)c2ccc(Cl)c([N+](=O)[O-])c2)CC1. The molecule has 12 heteroatoms. The van der Waals surface area contributed by atoms with Gasteiger partial charge in [0.1, 0.15) is 10.6 Å². The van der Waals surface area contributed by atoms with Crippen molar-refractivity contribution in [3.05, 3.63) is 33.3 Å². The summed E-state index contributed by atoms with van der Waals surface area (Å²) in [5.74, 6) is 0. The van der Waals surface area contributed by atoms with E-state index in [9.17, 15) is 23.3 Å². The van der Waals surface area contributed by atoms with Gasteiger partial charge in [-0.3, -0.25) is 15.0 Å². The number of benzene rings is 1. The van der Waals surface area contributed by atoms with E-state index in [-0.39, 0.29) is 22.6 Å². The van der Waals surface area contributed by atoms with Gasteiger partial charge in [0, 0.05) is 38.8 Å². The lowest BCUT2D eigenvalue weighted by Gasteiger charge is -2.35. The smallest absolute Gasteiger partial charge is 0.410 e. The third-order valence-corrected chi connectivity index (χ3v) is 7.42. The van der Waals surface area contributed by atoms with Crippen molar-refractivity contribution in [1.29, 1.82) is 0 Å². The highest BCUT2D eigenvalue weighted by molar-refractivity contribution is 7.89. The molecule has 198 valence electrons. The van der Waals surface area contributed by atoms with E-state index >= 15 is 0 Å². The number of rotatable bonds is 12. The van der Waals surface area contributed by atoms with Gasteiger partial charge in [0.05, 0.1) is 9.82 Å². The van der Waals surface area contributed by atoms with Crippen LogP contribution in [0, 0.1) is 10.1 Å². The Labute approximate surface area is 213 Å². The maximum atomic E-state index is 12.4. The van der Waals surface area contributed by atoms with Crippen molar-refractivity contribution in [1.82, 2.24) is 14.5 Å². The van der Waals surface area contributed by atoms with Crippen LogP contribution in [0.2, 0.25) is 5.02 Å². The van der Waals surface area contributed by atoms with Crippen LogP contribution >= 0.6 is 11.6 Å². The van der Waals surface area contributed by atoms with E-state index in [0.717, 1.165) is 57.8 Å². The number of nitro benzene ring substituents is 1. The van der Waals surface area contributed by atoms with Gasteiger partial charge < -0.3 is 9.64 Å². The Bertz CT molecular complexity index is 959. The van der Waals surface area contributed by atoms with Crippen LogP contribution in [0.15, 0.2) is 23.1 Å². The number of ether oxygens (including phenoxy) is 1. The van der Waals surface area contributed by atoms with Gasteiger partial charge in [0.2, 0.25) is 10.0 Å². The van der Waals surface area contributed by atoms with Crippen molar-refractivity contribution in [2.24, 2.45) is 0 Å². The molecule has 1 fully saturated rings. The standard InChI is InChI=1S/C23H37ClN4O6S/c1-23(2,3)34-22(29)27-16-14-26(15-17-27)13-9-7-5-4-6-8-12-25-35(32,33)19-10-11-20(24)21(18-19)28(30)31/h10-11,18,25H,4-9,12-17H2,1-3H3. The molecule has 1 N–H and O–H groups in total. The highest BCUT2D eigenvalue weighted by Crippen LogP contribution is 2.27. The van der Waals surface area contributed by atoms with Crippen LogP contribution in [0.4, 0.5) is 10.5 Å². The van der Waals surface area contributed by atoms with Crippen molar-refractivity contribution < 1.29 is 22.9 Å². The molecule has 0 unspecified atom stereocenters. The Morgan fingerprint density at radius 1 is 1.09 bits per heavy atom. The summed E-state index contributed by atoms with van der Waals surface area (Å²) in [6.07, 6.45) is 5.64. The molecule has 0 aliphatic carbocycles. The van der Waals surface area contributed by atoms with Crippen LogP contribution in [-0.4, -0.2) is 74.1 Å². The average Bonchev–Trinajstić information content (AvgIpc) is 2.77. The van der Waals surface area contributed by atoms with Gasteiger partial charge in [-0.1, -0.05) is 37.3 Å². The molecule has 1 amide bonds. The predicted molar refractivity (Wildman–Crippen MR) is 135 cm³/mol. The van der Waals surface area contributed by atoms with E-state index in [1.165, 1.54) is 12.1 Å². The lowest BCUT2D eigenvalue weighted by atomic mass is 10.1. The molecule has 0 spiro atoms. The number of nitrogens with one attached hydrogen (secondary N) is 1. The molecule has 0 atom stereocenters. The molecule has 0 aromatic heterocycles. The van der Waals surface area contributed by atoms with E-state index in [2.05, 4.69) is 9.62 Å². The maximum absolute atomic E-state index is 12.4. The third-order valence-electron chi connectivity index (χ3n) is 5.64. The van der Waals surface area contributed by atoms with Gasteiger partial charge in [-0.05, 0) is 52.3 Å². The lowest BCUT2D eigenvalue weighted by Crippen LogP contribution is -2.50. The molecular formula is C23H37ClN4O6S. The van der Waals surface area contributed by atoms with Crippen LogP contribution in [0.1, 0.15) is 59.3 Å². The number of unbranched alkanes of at least 4 members (excludes halogenated alkanes) is 5. The molecule has 0 radical (unpaired) electrons. The zero-order valence-electron chi connectivity index (χ0n) is 20.8. The number of nitrogens with zero attached hydrogens (tertiary/aromatic N) is 3. The second kappa shape index (κ2) is 13.4. The van der Waals surface area contributed by atoms with Gasteiger partial charge >= 0.3 is 6.09 Å². The second-order valence-corrected chi connectivity index (χ2v) is 11.9. The second-order valence-electron chi connectivity index (χ2n) is 9.70. The molecule has 1 aliphatic heterocycles.